The molecule has 0 amide bonds. The van der Waals surface area contributed by atoms with E-state index in [2.05, 4.69) is 218 Å². The van der Waals surface area contributed by atoms with Gasteiger partial charge in [-0.05, 0) is 179 Å². The summed E-state index contributed by atoms with van der Waals surface area (Å²) < 4.78 is 0. The van der Waals surface area contributed by atoms with Gasteiger partial charge in [-0.1, -0.05) is 171 Å². The second kappa shape index (κ2) is 18.5. The minimum Gasteiger partial charge on any atom is -0.310 e. The molecule has 9 aromatic carbocycles. The maximum Gasteiger partial charge on any atom is 0.0468 e. The third-order valence-electron chi connectivity index (χ3n) is 14.8. The molecule has 0 aliphatic heterocycles. The Kier molecular flexibility index (Phi) is 11.7. The monoisotopic (exact) mass is 856 g/mol. The number of nitrogens with zero attached hydrogens (tertiary/aromatic N) is 2. The van der Waals surface area contributed by atoms with E-state index in [1.165, 1.54) is 142 Å². The summed E-state index contributed by atoms with van der Waals surface area (Å²) in [6, 6.07) is 73.5. The highest BCUT2D eigenvalue weighted by Crippen LogP contribution is 2.49. The van der Waals surface area contributed by atoms with Crippen LogP contribution in [0, 0.1) is 13.8 Å². The lowest BCUT2D eigenvalue weighted by Crippen LogP contribution is -2.11. The van der Waals surface area contributed by atoms with Gasteiger partial charge in [0.15, 0.2) is 0 Å². The Labute approximate surface area is 392 Å². The Bertz CT molecular complexity index is 2850. The van der Waals surface area contributed by atoms with Crippen LogP contribution in [0.15, 0.2) is 194 Å². The summed E-state index contributed by atoms with van der Waals surface area (Å²) in [5.41, 5.74) is 17.3. The van der Waals surface area contributed by atoms with E-state index in [9.17, 15) is 0 Å². The maximum atomic E-state index is 2.46. The van der Waals surface area contributed by atoms with Crippen molar-refractivity contribution in [2.24, 2.45) is 0 Å². The zero-order valence-electron chi connectivity index (χ0n) is 38.6. The van der Waals surface area contributed by atoms with Crippen LogP contribution in [0.25, 0.3) is 43.8 Å². The third kappa shape index (κ3) is 8.30. The molecular formula is C64H60N2. The van der Waals surface area contributed by atoms with Crippen molar-refractivity contribution in [3.63, 3.8) is 0 Å². The van der Waals surface area contributed by atoms with E-state index in [1.54, 1.807) is 0 Å². The van der Waals surface area contributed by atoms with E-state index in [-0.39, 0.29) is 0 Å². The highest BCUT2D eigenvalue weighted by Gasteiger charge is 2.24. The molecule has 66 heavy (non-hydrogen) atoms. The van der Waals surface area contributed by atoms with Crippen molar-refractivity contribution in [3.8, 4) is 22.3 Å². The fourth-order valence-electron chi connectivity index (χ4n) is 11.3. The summed E-state index contributed by atoms with van der Waals surface area (Å²) in [6.07, 6.45) is 13.3. The molecule has 0 radical (unpaired) electrons. The highest BCUT2D eigenvalue weighted by atomic mass is 15.1. The molecule has 2 aliphatic carbocycles. The lowest BCUT2D eigenvalue weighted by atomic mass is 9.84. The second-order valence-electron chi connectivity index (χ2n) is 19.1. The molecule has 2 fully saturated rings. The third-order valence-corrected chi connectivity index (χ3v) is 14.8. The molecule has 2 nitrogen and oxygen atoms in total. The predicted octanol–water partition coefficient (Wildman–Crippen LogP) is 19.0. The van der Waals surface area contributed by atoms with Crippen molar-refractivity contribution >= 4 is 55.7 Å². The Morgan fingerprint density at radius 3 is 0.970 bits per heavy atom. The number of benzene rings is 9. The molecule has 2 saturated carbocycles. The highest BCUT2D eigenvalue weighted by molar-refractivity contribution is 6.22. The Balaban J connectivity index is 1.12. The zero-order valence-corrected chi connectivity index (χ0v) is 38.6. The van der Waals surface area contributed by atoms with Crippen molar-refractivity contribution in [3.05, 3.63) is 216 Å². The van der Waals surface area contributed by atoms with Gasteiger partial charge in [-0.3, -0.25) is 0 Å². The summed E-state index contributed by atoms with van der Waals surface area (Å²) >= 11 is 0. The summed E-state index contributed by atoms with van der Waals surface area (Å²) in [5.74, 6) is 1.33. The van der Waals surface area contributed by atoms with E-state index < -0.39 is 0 Å². The van der Waals surface area contributed by atoms with Crippen LogP contribution in [0.1, 0.15) is 98.3 Å². The smallest absolute Gasteiger partial charge is 0.0468 e. The number of hydrogen-bond donors (Lipinski definition) is 0. The predicted molar refractivity (Wildman–Crippen MR) is 283 cm³/mol. The van der Waals surface area contributed by atoms with Gasteiger partial charge >= 0.3 is 0 Å². The molecule has 9 aromatic rings. The summed E-state index contributed by atoms with van der Waals surface area (Å²) in [4.78, 5) is 4.90. The van der Waals surface area contributed by atoms with Crippen LogP contribution >= 0.6 is 0 Å². The standard InChI is InChI=1S/C64H60N2/c1-45-23-31-53(32-24-45)65(55-35-27-49(28-36-55)47-15-7-3-8-16-47)57-39-41-59-61(43-57)63(51-19-11-5-12-20-51)60-42-40-58(44-62(60)64(59)52-21-13-6-14-22-52)66(54-33-25-46(2)26-34-54)56-37-29-50(30-38-56)48-17-9-4-10-18-48/h5-6,11-14,19-44,47-48H,3-4,7-10,15-18H2,1-2H3. The molecule has 0 unspecified atom stereocenters. The first-order chi connectivity index (χ1) is 32.6. The van der Waals surface area contributed by atoms with Gasteiger partial charge in [-0.2, -0.15) is 0 Å². The molecule has 0 aromatic heterocycles. The van der Waals surface area contributed by atoms with Gasteiger partial charge in [-0.15, -0.1) is 0 Å². The molecule has 0 atom stereocenters. The first-order valence-electron chi connectivity index (χ1n) is 24.6. The van der Waals surface area contributed by atoms with Gasteiger partial charge in [-0.25, -0.2) is 0 Å². The van der Waals surface area contributed by atoms with Crippen molar-refractivity contribution in [1.29, 1.82) is 0 Å². The van der Waals surface area contributed by atoms with Crippen LogP contribution in [-0.4, -0.2) is 0 Å². The first-order valence-corrected chi connectivity index (χ1v) is 24.6. The van der Waals surface area contributed by atoms with E-state index in [0.717, 1.165) is 22.7 Å². The van der Waals surface area contributed by atoms with Gasteiger partial charge in [0, 0.05) is 34.1 Å². The summed E-state index contributed by atoms with van der Waals surface area (Å²) in [6.45, 7) is 4.34. The zero-order chi connectivity index (χ0) is 44.4. The molecule has 2 aliphatic rings. The van der Waals surface area contributed by atoms with Crippen molar-refractivity contribution in [2.45, 2.75) is 89.9 Å². The number of hydrogen-bond acceptors (Lipinski definition) is 2. The van der Waals surface area contributed by atoms with Crippen LogP contribution in [0.5, 0.6) is 0 Å². The minimum absolute atomic E-state index is 0.663. The van der Waals surface area contributed by atoms with Crippen molar-refractivity contribution < 1.29 is 0 Å². The van der Waals surface area contributed by atoms with Gasteiger partial charge in [0.1, 0.15) is 0 Å². The van der Waals surface area contributed by atoms with Gasteiger partial charge in [0.05, 0.1) is 0 Å². The van der Waals surface area contributed by atoms with Crippen molar-refractivity contribution in [2.75, 3.05) is 9.80 Å². The average molecular weight is 857 g/mol. The van der Waals surface area contributed by atoms with Crippen LogP contribution in [0.4, 0.5) is 34.1 Å². The van der Waals surface area contributed by atoms with Crippen LogP contribution in [-0.2, 0) is 0 Å². The second-order valence-corrected chi connectivity index (χ2v) is 19.1. The summed E-state index contributed by atoms with van der Waals surface area (Å²) in [5, 5.41) is 4.96. The molecule has 326 valence electrons. The van der Waals surface area contributed by atoms with Crippen LogP contribution in [0.2, 0.25) is 0 Å². The van der Waals surface area contributed by atoms with Crippen LogP contribution < -0.4 is 9.80 Å². The van der Waals surface area contributed by atoms with Crippen molar-refractivity contribution in [1.82, 2.24) is 0 Å². The largest absolute Gasteiger partial charge is 0.310 e. The lowest BCUT2D eigenvalue weighted by molar-refractivity contribution is 0.443. The minimum atomic E-state index is 0.663. The van der Waals surface area contributed by atoms with E-state index in [1.807, 2.05) is 0 Å². The number of fused-ring (bicyclic) bond motifs is 2. The molecule has 11 rings (SSSR count). The SMILES string of the molecule is Cc1ccc(N(c2ccc(C3CCCCC3)cc2)c2ccc3c(-c4ccccc4)c4cc(N(c5ccc(C)cc5)c5ccc(C6CCCCC6)cc5)ccc4c(-c4ccccc4)c3c2)cc1. The number of aryl methyl sites for hydroxylation is 2. The lowest BCUT2D eigenvalue weighted by Gasteiger charge is -2.29. The molecule has 0 heterocycles. The molecule has 0 saturated heterocycles. The van der Waals surface area contributed by atoms with Gasteiger partial charge in [0.2, 0.25) is 0 Å². The molecule has 0 bridgehead atoms. The van der Waals surface area contributed by atoms with Crippen LogP contribution in [0.3, 0.4) is 0 Å². The first kappa shape index (κ1) is 41.8. The molecule has 0 spiro atoms. The van der Waals surface area contributed by atoms with E-state index in [0.29, 0.717) is 11.8 Å². The molecule has 2 heteroatoms. The normalized spacial score (nSPS) is 14.7. The molecular weight excluding hydrogens is 797 g/mol. The summed E-state index contributed by atoms with van der Waals surface area (Å²) in [7, 11) is 0. The maximum absolute atomic E-state index is 2.46. The number of rotatable bonds is 10. The molecule has 0 N–H and O–H groups in total. The van der Waals surface area contributed by atoms with E-state index in [4.69, 9.17) is 0 Å². The number of anilines is 6. The quantitative estimate of drug-likeness (QED) is 0.126. The Hall–Kier alpha value is -6.90. The average Bonchev–Trinajstić information content (AvgIpc) is 3.38. The van der Waals surface area contributed by atoms with Gasteiger partial charge < -0.3 is 9.80 Å². The van der Waals surface area contributed by atoms with Gasteiger partial charge in [0.25, 0.3) is 0 Å². The Morgan fingerprint density at radius 2 is 0.621 bits per heavy atom. The fraction of sp³-hybridized carbons (Fsp3) is 0.219. The fourth-order valence-corrected chi connectivity index (χ4v) is 11.3. The topological polar surface area (TPSA) is 6.48 Å². The Morgan fingerprint density at radius 1 is 0.303 bits per heavy atom. The van der Waals surface area contributed by atoms with E-state index >= 15 is 0 Å².